The Hall–Kier alpha value is -2.03. The van der Waals surface area contributed by atoms with Gasteiger partial charge in [-0.2, -0.15) is 0 Å². The van der Waals surface area contributed by atoms with Gasteiger partial charge in [0, 0.05) is 5.39 Å². The molecule has 0 saturated heterocycles. The molecule has 0 saturated carbocycles. The summed E-state index contributed by atoms with van der Waals surface area (Å²) in [6.45, 7) is 6.34. The lowest BCUT2D eigenvalue weighted by molar-refractivity contribution is 0.287. The molecular formula is C18H22O3. The number of rotatable bonds is 5. The van der Waals surface area contributed by atoms with Crippen LogP contribution in [0.15, 0.2) is 39.1 Å². The highest BCUT2D eigenvalue weighted by Crippen LogP contribution is 2.36. The van der Waals surface area contributed by atoms with Gasteiger partial charge in [-0.1, -0.05) is 37.1 Å². The minimum absolute atomic E-state index is 0.311. The normalized spacial score (nSPS) is 10.7. The lowest BCUT2D eigenvalue weighted by atomic mass is 9.93. The number of methoxy groups -OCH3 is 1. The van der Waals surface area contributed by atoms with Gasteiger partial charge in [0.05, 0.1) is 18.1 Å². The Kier molecular flexibility index (Phi) is 4.84. The average Bonchev–Trinajstić information content (AvgIpc) is 2.49. The number of hydrogen-bond donors (Lipinski definition) is 0. The van der Waals surface area contributed by atoms with Gasteiger partial charge < -0.3 is 9.15 Å². The molecule has 1 aromatic carbocycles. The van der Waals surface area contributed by atoms with Gasteiger partial charge in [-0.05, 0) is 38.3 Å². The molecule has 2 rings (SSSR count). The summed E-state index contributed by atoms with van der Waals surface area (Å²) in [5, 5.41) is 1.50. The van der Waals surface area contributed by atoms with Crippen molar-refractivity contribution in [3.63, 3.8) is 0 Å². The Labute approximate surface area is 125 Å². The molecule has 3 heteroatoms. The molecule has 2 aromatic rings. The molecule has 21 heavy (non-hydrogen) atoms. The average molecular weight is 286 g/mol. The number of hydrogen-bond acceptors (Lipinski definition) is 3. The third-order valence-corrected chi connectivity index (χ3v) is 3.68. The Morgan fingerprint density at radius 1 is 1.19 bits per heavy atom. The van der Waals surface area contributed by atoms with E-state index < -0.39 is 0 Å². The first-order valence-corrected chi connectivity index (χ1v) is 7.36. The van der Waals surface area contributed by atoms with Crippen molar-refractivity contribution in [2.75, 3.05) is 7.11 Å². The van der Waals surface area contributed by atoms with Gasteiger partial charge in [0.15, 0.2) is 0 Å². The second kappa shape index (κ2) is 6.61. The lowest BCUT2D eigenvalue weighted by Gasteiger charge is -2.15. The molecule has 0 radical (unpaired) electrons. The van der Waals surface area contributed by atoms with Crippen LogP contribution in [-0.4, -0.2) is 7.11 Å². The number of benzene rings is 1. The summed E-state index contributed by atoms with van der Waals surface area (Å²) < 4.78 is 10.7. The van der Waals surface area contributed by atoms with Gasteiger partial charge in [-0.3, -0.25) is 0 Å². The molecule has 0 atom stereocenters. The summed E-state index contributed by atoms with van der Waals surface area (Å²) >= 11 is 0. The summed E-state index contributed by atoms with van der Waals surface area (Å²) in [5.74, 6) is 0.311. The minimum Gasteiger partial charge on any atom is -0.468 e. The van der Waals surface area contributed by atoms with Crippen LogP contribution in [0.1, 0.15) is 45.6 Å². The smallest absolute Gasteiger partial charge is 0.346 e. The molecule has 0 bridgehead atoms. The predicted molar refractivity (Wildman–Crippen MR) is 86.8 cm³/mol. The lowest BCUT2D eigenvalue weighted by Crippen LogP contribution is -2.05. The fraction of sp³-hybridized carbons (Fsp3) is 0.389. The van der Waals surface area contributed by atoms with E-state index >= 15 is 0 Å². The van der Waals surface area contributed by atoms with E-state index in [1.165, 1.54) is 11.1 Å². The van der Waals surface area contributed by atoms with Crippen LogP contribution in [0, 0.1) is 0 Å². The molecule has 0 aliphatic rings. The number of allylic oxidation sites excluding steroid dienone is 2. The Balaban J connectivity index is 2.79. The third kappa shape index (κ3) is 3.02. The van der Waals surface area contributed by atoms with E-state index in [1.807, 2.05) is 18.2 Å². The molecule has 0 fully saturated rings. The van der Waals surface area contributed by atoms with Crippen molar-refractivity contribution in [1.82, 2.24) is 0 Å². The second-order valence-electron chi connectivity index (χ2n) is 5.38. The van der Waals surface area contributed by atoms with Crippen molar-refractivity contribution in [1.29, 1.82) is 0 Å². The zero-order valence-electron chi connectivity index (χ0n) is 13.2. The summed E-state index contributed by atoms with van der Waals surface area (Å²) in [5.41, 5.74) is 2.99. The van der Waals surface area contributed by atoms with Crippen molar-refractivity contribution in [2.45, 2.75) is 40.0 Å². The van der Waals surface area contributed by atoms with Crippen LogP contribution < -0.4 is 10.4 Å². The maximum absolute atomic E-state index is 12.1. The van der Waals surface area contributed by atoms with Crippen LogP contribution in [0.5, 0.6) is 5.95 Å². The minimum atomic E-state index is -0.352. The topological polar surface area (TPSA) is 39.4 Å². The molecule has 3 nitrogen and oxygen atoms in total. The van der Waals surface area contributed by atoms with Gasteiger partial charge in [0.1, 0.15) is 0 Å². The Bertz CT molecular complexity index is 719. The molecule has 0 aliphatic carbocycles. The highest BCUT2D eigenvalue weighted by Gasteiger charge is 2.18. The van der Waals surface area contributed by atoms with Gasteiger partial charge >= 0.3 is 5.63 Å². The van der Waals surface area contributed by atoms with Crippen molar-refractivity contribution >= 4 is 16.3 Å². The quantitative estimate of drug-likeness (QED) is 0.793. The first-order chi connectivity index (χ1) is 10.1. The molecular weight excluding hydrogens is 264 g/mol. The zero-order chi connectivity index (χ0) is 15.4. The first kappa shape index (κ1) is 15.4. The first-order valence-electron chi connectivity index (χ1n) is 7.36. The van der Waals surface area contributed by atoms with E-state index in [0.29, 0.717) is 11.3 Å². The highest BCUT2D eigenvalue weighted by molar-refractivity contribution is 5.95. The second-order valence-corrected chi connectivity index (χ2v) is 5.38. The molecule has 0 amide bonds. The molecule has 0 N–H and O–H groups in total. The van der Waals surface area contributed by atoms with Crippen LogP contribution in [0.2, 0.25) is 0 Å². The van der Waals surface area contributed by atoms with Gasteiger partial charge in [0.2, 0.25) is 0 Å². The van der Waals surface area contributed by atoms with E-state index in [4.69, 9.17) is 9.15 Å². The van der Waals surface area contributed by atoms with E-state index in [2.05, 4.69) is 20.8 Å². The summed E-state index contributed by atoms with van der Waals surface area (Å²) in [6, 6.07) is 7.54. The van der Waals surface area contributed by atoms with E-state index in [1.54, 1.807) is 13.2 Å². The van der Waals surface area contributed by atoms with Crippen molar-refractivity contribution < 1.29 is 9.15 Å². The fourth-order valence-corrected chi connectivity index (χ4v) is 2.59. The van der Waals surface area contributed by atoms with Crippen LogP contribution in [0.25, 0.3) is 16.3 Å². The van der Waals surface area contributed by atoms with E-state index in [0.717, 1.165) is 30.2 Å². The zero-order valence-corrected chi connectivity index (χ0v) is 13.2. The third-order valence-electron chi connectivity index (χ3n) is 3.68. The SMILES string of the molecule is CCCCC(=C(C)C)c1c(OC)oc(=O)c2ccccc12. The molecule has 1 heterocycles. The number of fused-ring (bicyclic) bond motifs is 1. The Morgan fingerprint density at radius 2 is 1.86 bits per heavy atom. The summed E-state index contributed by atoms with van der Waals surface area (Å²) in [7, 11) is 1.54. The monoisotopic (exact) mass is 286 g/mol. The molecule has 1 aromatic heterocycles. The predicted octanol–water partition coefficient (Wildman–Crippen LogP) is 4.79. The molecule has 0 spiro atoms. The van der Waals surface area contributed by atoms with Crippen molar-refractivity contribution in [2.24, 2.45) is 0 Å². The highest BCUT2D eigenvalue weighted by atomic mass is 16.6. The molecule has 112 valence electrons. The van der Waals surface area contributed by atoms with Crippen molar-refractivity contribution in [3.8, 4) is 5.95 Å². The standard InChI is InChI=1S/C18H22O3/c1-5-6-9-13(12(2)3)16-14-10-7-8-11-15(14)17(19)21-18(16)20-4/h7-8,10-11H,5-6,9H2,1-4H3. The van der Waals surface area contributed by atoms with Crippen molar-refractivity contribution in [3.05, 3.63) is 45.8 Å². The maximum Gasteiger partial charge on any atom is 0.346 e. The van der Waals surface area contributed by atoms with Crippen LogP contribution in [0.4, 0.5) is 0 Å². The van der Waals surface area contributed by atoms with E-state index in [-0.39, 0.29) is 5.63 Å². The molecule has 0 aliphatic heterocycles. The van der Waals surface area contributed by atoms with Crippen LogP contribution in [-0.2, 0) is 0 Å². The van der Waals surface area contributed by atoms with Gasteiger partial charge in [-0.15, -0.1) is 0 Å². The number of ether oxygens (including phenoxy) is 1. The fourth-order valence-electron chi connectivity index (χ4n) is 2.59. The summed E-state index contributed by atoms with van der Waals surface area (Å²) in [6.07, 6.45) is 3.16. The summed E-state index contributed by atoms with van der Waals surface area (Å²) in [4.78, 5) is 12.1. The van der Waals surface area contributed by atoms with Gasteiger partial charge in [0.25, 0.3) is 5.95 Å². The number of unbranched alkanes of at least 4 members (excludes halogenated alkanes) is 1. The molecule has 0 unspecified atom stereocenters. The van der Waals surface area contributed by atoms with Gasteiger partial charge in [-0.25, -0.2) is 4.79 Å². The maximum atomic E-state index is 12.1. The van der Waals surface area contributed by atoms with E-state index in [9.17, 15) is 4.79 Å². The Morgan fingerprint density at radius 3 is 2.43 bits per heavy atom. The van der Waals surface area contributed by atoms with Crippen LogP contribution >= 0.6 is 0 Å². The van der Waals surface area contributed by atoms with Crippen LogP contribution in [0.3, 0.4) is 0 Å². The largest absolute Gasteiger partial charge is 0.468 e.